The summed E-state index contributed by atoms with van der Waals surface area (Å²) in [5.41, 5.74) is 1.96. The van der Waals surface area contributed by atoms with Gasteiger partial charge in [-0.25, -0.2) is 0 Å². The van der Waals surface area contributed by atoms with Crippen LogP contribution < -0.4 is 0 Å². The molecular weight excluding hydrogens is 303 g/mol. The number of rotatable bonds is 4. The van der Waals surface area contributed by atoms with Gasteiger partial charge in [-0.3, -0.25) is 0 Å². The van der Waals surface area contributed by atoms with Gasteiger partial charge in [-0.15, -0.1) is 0 Å². The molecule has 2 rings (SSSR count). The van der Waals surface area contributed by atoms with Crippen LogP contribution in [0.2, 0.25) is 15.1 Å². The lowest BCUT2D eigenvalue weighted by Crippen LogP contribution is -2.08. The van der Waals surface area contributed by atoms with E-state index in [-0.39, 0.29) is 12.5 Å². The first-order valence-electron chi connectivity index (χ1n) is 5.90. The van der Waals surface area contributed by atoms with Crippen LogP contribution >= 0.6 is 34.8 Å². The van der Waals surface area contributed by atoms with Crippen LogP contribution in [-0.4, -0.2) is 11.7 Å². The fraction of sp³-hybridized carbons (Fsp3) is 0.200. The van der Waals surface area contributed by atoms with Crippen molar-refractivity contribution in [3.8, 4) is 0 Å². The van der Waals surface area contributed by atoms with Crippen LogP contribution in [0.15, 0.2) is 42.5 Å². The Kier molecular flexibility index (Phi) is 5.12. The van der Waals surface area contributed by atoms with E-state index in [1.807, 2.05) is 30.3 Å². The molecule has 1 N–H and O–H groups in total. The molecule has 0 bridgehead atoms. The van der Waals surface area contributed by atoms with E-state index in [2.05, 4.69) is 0 Å². The molecule has 0 aromatic heterocycles. The number of aliphatic hydroxyl groups excluding tert-OH is 1. The van der Waals surface area contributed by atoms with Gasteiger partial charge >= 0.3 is 0 Å². The third-order valence-corrected chi connectivity index (χ3v) is 3.89. The number of hydrogen-bond acceptors (Lipinski definition) is 1. The molecule has 0 aliphatic rings. The molecule has 19 heavy (non-hydrogen) atoms. The van der Waals surface area contributed by atoms with Crippen LogP contribution in [0, 0.1) is 0 Å². The zero-order chi connectivity index (χ0) is 13.8. The molecule has 0 saturated carbocycles. The van der Waals surface area contributed by atoms with Gasteiger partial charge in [0.1, 0.15) is 0 Å². The van der Waals surface area contributed by atoms with Crippen molar-refractivity contribution in [2.24, 2.45) is 0 Å². The average molecular weight is 316 g/mol. The van der Waals surface area contributed by atoms with E-state index in [4.69, 9.17) is 34.8 Å². The van der Waals surface area contributed by atoms with Gasteiger partial charge in [-0.1, -0.05) is 46.9 Å². The summed E-state index contributed by atoms with van der Waals surface area (Å²) >= 11 is 18.0. The molecule has 2 aromatic rings. The highest BCUT2D eigenvalue weighted by molar-refractivity contribution is 6.33. The normalized spacial score (nSPS) is 12.4. The summed E-state index contributed by atoms with van der Waals surface area (Å²) in [6.07, 6.45) is 0.636. The molecule has 1 unspecified atom stereocenters. The third-order valence-electron chi connectivity index (χ3n) is 3.04. The van der Waals surface area contributed by atoms with E-state index in [1.165, 1.54) is 0 Å². The van der Waals surface area contributed by atoms with Crippen molar-refractivity contribution in [1.29, 1.82) is 0 Å². The highest BCUT2D eigenvalue weighted by Crippen LogP contribution is 2.28. The van der Waals surface area contributed by atoms with Crippen LogP contribution in [-0.2, 0) is 6.42 Å². The van der Waals surface area contributed by atoms with E-state index < -0.39 is 0 Å². The molecule has 2 aromatic carbocycles. The predicted molar refractivity (Wildman–Crippen MR) is 81.4 cm³/mol. The van der Waals surface area contributed by atoms with Gasteiger partial charge in [0.05, 0.1) is 6.61 Å². The van der Waals surface area contributed by atoms with Gasteiger partial charge in [-0.2, -0.15) is 0 Å². The predicted octanol–water partition coefficient (Wildman–Crippen LogP) is 4.97. The topological polar surface area (TPSA) is 20.2 Å². The number of halogens is 3. The summed E-state index contributed by atoms with van der Waals surface area (Å²) in [5.74, 6) is -0.0202. The first-order chi connectivity index (χ1) is 9.10. The van der Waals surface area contributed by atoms with Gasteiger partial charge < -0.3 is 5.11 Å². The Hall–Kier alpha value is -0.730. The lowest BCUT2D eigenvalue weighted by Gasteiger charge is -2.16. The molecule has 1 nitrogen and oxygen atoms in total. The molecule has 4 heteroatoms. The molecule has 1 atom stereocenters. The first-order valence-corrected chi connectivity index (χ1v) is 7.04. The van der Waals surface area contributed by atoms with Crippen molar-refractivity contribution < 1.29 is 5.11 Å². The van der Waals surface area contributed by atoms with Crippen molar-refractivity contribution in [3.05, 3.63) is 68.7 Å². The van der Waals surface area contributed by atoms with Crippen molar-refractivity contribution in [2.75, 3.05) is 6.61 Å². The van der Waals surface area contributed by atoms with Crippen LogP contribution in [0.4, 0.5) is 0 Å². The van der Waals surface area contributed by atoms with E-state index in [9.17, 15) is 5.11 Å². The summed E-state index contributed by atoms with van der Waals surface area (Å²) in [6.45, 7) is 0.0461. The molecule has 100 valence electrons. The van der Waals surface area contributed by atoms with Crippen molar-refractivity contribution in [2.45, 2.75) is 12.3 Å². The summed E-state index contributed by atoms with van der Waals surface area (Å²) in [5, 5.41) is 11.6. The standard InChI is InChI=1S/C15H13Cl3O/c16-13-3-1-10(2-4-13)12(9-19)7-11-8-14(17)5-6-15(11)18/h1-6,8,12,19H,7,9H2. The minimum absolute atomic E-state index is 0.0202. The Morgan fingerprint density at radius 2 is 1.53 bits per heavy atom. The number of benzene rings is 2. The van der Waals surface area contributed by atoms with Crippen LogP contribution in [0.25, 0.3) is 0 Å². The lowest BCUT2D eigenvalue weighted by molar-refractivity contribution is 0.264. The lowest BCUT2D eigenvalue weighted by atomic mass is 9.93. The van der Waals surface area contributed by atoms with Gasteiger partial charge in [0, 0.05) is 21.0 Å². The first kappa shape index (κ1) is 14.7. The van der Waals surface area contributed by atoms with Crippen molar-refractivity contribution >= 4 is 34.8 Å². The monoisotopic (exact) mass is 314 g/mol. The van der Waals surface area contributed by atoms with Crippen LogP contribution in [0.1, 0.15) is 17.0 Å². The molecule has 0 aliphatic heterocycles. The summed E-state index contributed by atoms with van der Waals surface area (Å²) < 4.78 is 0. The fourth-order valence-electron chi connectivity index (χ4n) is 1.99. The second kappa shape index (κ2) is 6.62. The molecule has 0 spiro atoms. The highest BCUT2D eigenvalue weighted by Gasteiger charge is 2.13. The Bertz CT molecular complexity index is 552. The number of aliphatic hydroxyl groups is 1. The largest absolute Gasteiger partial charge is 0.396 e. The van der Waals surface area contributed by atoms with E-state index in [1.54, 1.807) is 12.1 Å². The zero-order valence-corrected chi connectivity index (χ0v) is 12.4. The van der Waals surface area contributed by atoms with Gasteiger partial charge in [0.2, 0.25) is 0 Å². The quantitative estimate of drug-likeness (QED) is 0.845. The molecule has 0 radical (unpaired) electrons. The Labute approximate surface area is 127 Å². The molecule has 0 amide bonds. The maximum Gasteiger partial charge on any atom is 0.0502 e. The Morgan fingerprint density at radius 1 is 0.895 bits per heavy atom. The van der Waals surface area contributed by atoms with E-state index in [0.29, 0.717) is 21.5 Å². The maximum atomic E-state index is 9.56. The summed E-state index contributed by atoms with van der Waals surface area (Å²) in [7, 11) is 0. The van der Waals surface area contributed by atoms with Gasteiger partial charge in [0.15, 0.2) is 0 Å². The summed E-state index contributed by atoms with van der Waals surface area (Å²) in [4.78, 5) is 0. The second-order valence-corrected chi connectivity index (χ2v) is 5.65. The van der Waals surface area contributed by atoms with Crippen LogP contribution in [0.3, 0.4) is 0 Å². The Balaban J connectivity index is 2.23. The van der Waals surface area contributed by atoms with E-state index in [0.717, 1.165) is 11.1 Å². The fourth-order valence-corrected chi connectivity index (χ4v) is 2.50. The number of hydrogen-bond donors (Lipinski definition) is 1. The molecular formula is C15H13Cl3O. The second-order valence-electron chi connectivity index (χ2n) is 4.37. The summed E-state index contributed by atoms with van der Waals surface area (Å²) in [6, 6.07) is 12.8. The van der Waals surface area contributed by atoms with Crippen molar-refractivity contribution in [1.82, 2.24) is 0 Å². The average Bonchev–Trinajstić information content (AvgIpc) is 2.41. The maximum absolute atomic E-state index is 9.56. The van der Waals surface area contributed by atoms with Crippen molar-refractivity contribution in [3.63, 3.8) is 0 Å². The third kappa shape index (κ3) is 3.87. The van der Waals surface area contributed by atoms with E-state index >= 15 is 0 Å². The minimum Gasteiger partial charge on any atom is -0.396 e. The molecule has 0 saturated heterocycles. The van der Waals surface area contributed by atoms with Crippen LogP contribution in [0.5, 0.6) is 0 Å². The molecule has 0 heterocycles. The minimum atomic E-state index is -0.0202. The highest BCUT2D eigenvalue weighted by atomic mass is 35.5. The molecule has 0 aliphatic carbocycles. The Morgan fingerprint density at radius 3 is 2.16 bits per heavy atom. The zero-order valence-electron chi connectivity index (χ0n) is 10.1. The SMILES string of the molecule is OCC(Cc1cc(Cl)ccc1Cl)c1ccc(Cl)cc1. The smallest absolute Gasteiger partial charge is 0.0502 e. The van der Waals surface area contributed by atoms with Gasteiger partial charge in [-0.05, 0) is 47.9 Å². The molecule has 0 fully saturated rings. The van der Waals surface area contributed by atoms with Gasteiger partial charge in [0.25, 0.3) is 0 Å².